The standard InChI is InChI=1S/C32H37FN4O3/c1-7-23-17-37(18-25-26(33)9-8-10-28(25)40-23)16-22-15-21(12-11-19(22)2)29(32(4,5)31(38)39)24-13-14-27-30(20(24)3)34-35-36(27)6/h8-15,23,29H,7,16-18H2,1-6H3,(H,38,39)/t23-,29?/m1/s1. The van der Waals surface area contributed by atoms with Crippen LogP contribution in [0, 0.1) is 25.1 Å². The van der Waals surface area contributed by atoms with Gasteiger partial charge in [0.2, 0.25) is 0 Å². The van der Waals surface area contributed by atoms with Crippen molar-refractivity contribution in [3.05, 3.63) is 87.7 Å². The molecule has 0 amide bonds. The summed E-state index contributed by atoms with van der Waals surface area (Å²) in [6.07, 6.45) is 0.761. The predicted octanol–water partition coefficient (Wildman–Crippen LogP) is 6.14. The van der Waals surface area contributed by atoms with Crippen LogP contribution >= 0.6 is 0 Å². The number of hydrogen-bond donors (Lipinski definition) is 1. The highest BCUT2D eigenvalue weighted by atomic mass is 19.1. The Morgan fingerprint density at radius 2 is 1.98 bits per heavy atom. The molecule has 210 valence electrons. The summed E-state index contributed by atoms with van der Waals surface area (Å²) >= 11 is 0. The van der Waals surface area contributed by atoms with Gasteiger partial charge in [0, 0.05) is 38.2 Å². The Hall–Kier alpha value is -3.78. The monoisotopic (exact) mass is 544 g/mol. The van der Waals surface area contributed by atoms with E-state index in [1.165, 1.54) is 6.07 Å². The Kier molecular flexibility index (Phi) is 7.40. The van der Waals surface area contributed by atoms with Crippen molar-refractivity contribution in [2.24, 2.45) is 12.5 Å². The summed E-state index contributed by atoms with van der Waals surface area (Å²) < 4.78 is 22.7. The van der Waals surface area contributed by atoms with E-state index < -0.39 is 17.3 Å². The number of fused-ring (bicyclic) bond motifs is 2. The van der Waals surface area contributed by atoms with Gasteiger partial charge in [0.1, 0.15) is 23.2 Å². The van der Waals surface area contributed by atoms with Gasteiger partial charge in [-0.2, -0.15) is 0 Å². The number of benzene rings is 3. The van der Waals surface area contributed by atoms with Gasteiger partial charge in [0.25, 0.3) is 0 Å². The highest BCUT2D eigenvalue weighted by molar-refractivity contribution is 5.81. The average Bonchev–Trinajstić information content (AvgIpc) is 3.18. The Labute approximate surface area is 234 Å². The van der Waals surface area contributed by atoms with E-state index in [2.05, 4.69) is 41.2 Å². The number of carboxylic acid groups (broad SMARTS) is 1. The fourth-order valence-corrected chi connectivity index (χ4v) is 5.88. The molecule has 8 heteroatoms. The second-order valence-electron chi connectivity index (χ2n) is 11.5. The largest absolute Gasteiger partial charge is 0.489 e. The smallest absolute Gasteiger partial charge is 0.310 e. The van der Waals surface area contributed by atoms with Crippen LogP contribution in [0.25, 0.3) is 11.0 Å². The molecule has 0 radical (unpaired) electrons. The summed E-state index contributed by atoms with van der Waals surface area (Å²) in [4.78, 5) is 14.8. The minimum atomic E-state index is -1.10. The molecule has 40 heavy (non-hydrogen) atoms. The summed E-state index contributed by atoms with van der Waals surface area (Å²) in [5.41, 5.74) is 6.09. The number of aryl methyl sites for hydroxylation is 3. The van der Waals surface area contributed by atoms with Crippen LogP contribution in [0.2, 0.25) is 0 Å². The SMILES string of the molecule is CC[C@@H]1CN(Cc2cc(C(c3ccc4c(nnn4C)c3C)C(C)(C)C(=O)O)ccc2C)Cc2c(F)cccc2O1. The number of nitrogens with zero attached hydrogens (tertiary/aromatic N) is 4. The maximum atomic E-state index is 14.8. The fourth-order valence-electron chi connectivity index (χ4n) is 5.88. The van der Waals surface area contributed by atoms with Gasteiger partial charge in [-0.25, -0.2) is 9.07 Å². The predicted molar refractivity (Wildman–Crippen MR) is 153 cm³/mol. The van der Waals surface area contributed by atoms with Gasteiger partial charge in [-0.15, -0.1) is 5.10 Å². The van der Waals surface area contributed by atoms with Crippen LogP contribution in [0.4, 0.5) is 4.39 Å². The van der Waals surface area contributed by atoms with Crippen molar-refractivity contribution in [3.63, 3.8) is 0 Å². The molecule has 7 nitrogen and oxygen atoms in total. The van der Waals surface area contributed by atoms with E-state index in [0.29, 0.717) is 30.9 Å². The molecule has 1 N–H and O–H groups in total. The van der Waals surface area contributed by atoms with Gasteiger partial charge < -0.3 is 9.84 Å². The molecule has 0 saturated heterocycles. The molecule has 1 aromatic heterocycles. The first-order valence-corrected chi connectivity index (χ1v) is 13.8. The molecule has 1 aliphatic rings. The molecule has 3 aromatic carbocycles. The molecule has 0 saturated carbocycles. The number of aromatic nitrogens is 3. The second-order valence-corrected chi connectivity index (χ2v) is 11.5. The fraction of sp³-hybridized carbons (Fsp3) is 0.406. The minimum absolute atomic E-state index is 0.0495. The van der Waals surface area contributed by atoms with Crippen molar-refractivity contribution >= 4 is 17.0 Å². The van der Waals surface area contributed by atoms with Crippen LogP contribution in [0.3, 0.4) is 0 Å². The lowest BCUT2D eigenvalue weighted by atomic mass is 9.69. The second kappa shape index (κ2) is 10.7. The van der Waals surface area contributed by atoms with E-state index in [-0.39, 0.29) is 11.9 Å². The number of carbonyl (C=O) groups is 1. The summed E-state index contributed by atoms with van der Waals surface area (Å²) in [7, 11) is 1.85. The summed E-state index contributed by atoms with van der Waals surface area (Å²) in [5, 5.41) is 18.9. The molecule has 5 rings (SSSR count). The molecule has 1 aliphatic heterocycles. The summed E-state index contributed by atoms with van der Waals surface area (Å²) in [6, 6.07) is 15.2. The first-order chi connectivity index (χ1) is 19.0. The molecule has 2 heterocycles. The van der Waals surface area contributed by atoms with Crippen LogP contribution in [-0.2, 0) is 24.9 Å². The third-order valence-corrected chi connectivity index (χ3v) is 8.43. The summed E-state index contributed by atoms with van der Waals surface area (Å²) in [6.45, 7) is 11.4. The van der Waals surface area contributed by atoms with E-state index >= 15 is 0 Å². The molecule has 1 unspecified atom stereocenters. The Morgan fingerprint density at radius 3 is 2.70 bits per heavy atom. The van der Waals surface area contributed by atoms with Crippen molar-refractivity contribution in [2.75, 3.05) is 6.54 Å². The number of hydrogen-bond acceptors (Lipinski definition) is 5. The van der Waals surface area contributed by atoms with E-state index in [9.17, 15) is 14.3 Å². The Morgan fingerprint density at radius 1 is 1.20 bits per heavy atom. The van der Waals surface area contributed by atoms with Crippen molar-refractivity contribution in [1.29, 1.82) is 0 Å². The van der Waals surface area contributed by atoms with Crippen LogP contribution < -0.4 is 4.74 Å². The number of ether oxygens (including phenoxy) is 1. The van der Waals surface area contributed by atoms with E-state index in [4.69, 9.17) is 4.74 Å². The van der Waals surface area contributed by atoms with Crippen molar-refractivity contribution in [2.45, 2.75) is 66.2 Å². The topological polar surface area (TPSA) is 80.5 Å². The summed E-state index contributed by atoms with van der Waals surface area (Å²) in [5.74, 6) is -0.952. The van der Waals surface area contributed by atoms with Gasteiger partial charge in [0.05, 0.1) is 10.9 Å². The molecular formula is C32H37FN4O3. The van der Waals surface area contributed by atoms with Crippen molar-refractivity contribution in [1.82, 2.24) is 19.9 Å². The van der Waals surface area contributed by atoms with E-state index in [1.807, 2.05) is 38.2 Å². The Bertz CT molecular complexity index is 1580. The highest BCUT2D eigenvalue weighted by Gasteiger charge is 2.40. The van der Waals surface area contributed by atoms with Gasteiger partial charge in [-0.3, -0.25) is 9.69 Å². The molecule has 0 bridgehead atoms. The van der Waals surface area contributed by atoms with Gasteiger partial charge in [0.15, 0.2) is 0 Å². The van der Waals surface area contributed by atoms with Crippen molar-refractivity contribution in [3.8, 4) is 5.75 Å². The lowest BCUT2D eigenvalue weighted by Gasteiger charge is -2.33. The first kappa shape index (κ1) is 27.8. The third kappa shape index (κ3) is 4.96. The van der Waals surface area contributed by atoms with Gasteiger partial charge in [-0.1, -0.05) is 42.5 Å². The van der Waals surface area contributed by atoms with E-state index in [0.717, 1.165) is 45.3 Å². The van der Waals surface area contributed by atoms with Gasteiger partial charge in [-0.05, 0) is 80.1 Å². The maximum absolute atomic E-state index is 14.8. The first-order valence-electron chi connectivity index (χ1n) is 13.8. The van der Waals surface area contributed by atoms with Crippen molar-refractivity contribution < 1.29 is 19.0 Å². The maximum Gasteiger partial charge on any atom is 0.310 e. The van der Waals surface area contributed by atoms with E-state index in [1.54, 1.807) is 24.6 Å². The number of rotatable bonds is 7. The average molecular weight is 545 g/mol. The minimum Gasteiger partial charge on any atom is -0.489 e. The molecule has 4 aromatic rings. The molecule has 0 fully saturated rings. The lowest BCUT2D eigenvalue weighted by Crippen LogP contribution is -2.33. The molecule has 0 spiro atoms. The van der Waals surface area contributed by atoms with Crippen LogP contribution in [0.5, 0.6) is 5.75 Å². The Balaban J connectivity index is 1.57. The lowest BCUT2D eigenvalue weighted by molar-refractivity contribution is -0.147. The van der Waals surface area contributed by atoms with Crippen LogP contribution in [0.1, 0.15) is 66.5 Å². The number of carboxylic acids is 1. The van der Waals surface area contributed by atoms with Gasteiger partial charge >= 0.3 is 5.97 Å². The highest BCUT2D eigenvalue weighted by Crippen LogP contribution is 2.44. The molecular weight excluding hydrogens is 507 g/mol. The zero-order valence-corrected chi connectivity index (χ0v) is 24.0. The zero-order chi connectivity index (χ0) is 28.8. The number of aliphatic carboxylic acids is 1. The molecule has 2 atom stereocenters. The van der Waals surface area contributed by atoms with Crippen LogP contribution in [-0.4, -0.2) is 43.6 Å². The van der Waals surface area contributed by atoms with Crippen LogP contribution in [0.15, 0.2) is 48.5 Å². The molecule has 0 aliphatic carbocycles. The normalized spacial score (nSPS) is 16.8. The number of halogens is 1. The zero-order valence-electron chi connectivity index (χ0n) is 24.0. The quantitative estimate of drug-likeness (QED) is 0.301. The third-order valence-electron chi connectivity index (χ3n) is 8.43.